The van der Waals surface area contributed by atoms with Gasteiger partial charge in [0.05, 0.1) is 12.1 Å². The molecule has 3 heterocycles. The summed E-state index contributed by atoms with van der Waals surface area (Å²) >= 11 is 0. The van der Waals surface area contributed by atoms with Crippen molar-refractivity contribution in [3.05, 3.63) is 23.5 Å². The Bertz CT molecular complexity index is 519. The summed E-state index contributed by atoms with van der Waals surface area (Å²) in [6.45, 7) is 7.12. The molecule has 3 atom stereocenters. The Hall–Kier alpha value is -0.800. The van der Waals surface area contributed by atoms with Gasteiger partial charge in [0.15, 0.2) is 0 Å². The quantitative estimate of drug-likeness (QED) is 0.853. The van der Waals surface area contributed by atoms with Crippen LogP contribution in [0.25, 0.3) is 0 Å². The van der Waals surface area contributed by atoms with Gasteiger partial charge in [-0.05, 0) is 50.1 Å². The van der Waals surface area contributed by atoms with Crippen molar-refractivity contribution in [1.82, 2.24) is 9.47 Å². The highest BCUT2D eigenvalue weighted by Gasteiger charge is 2.41. The second kappa shape index (κ2) is 4.35. The van der Waals surface area contributed by atoms with Gasteiger partial charge in [-0.2, -0.15) is 0 Å². The van der Waals surface area contributed by atoms with E-state index in [4.69, 9.17) is 0 Å². The summed E-state index contributed by atoms with van der Waals surface area (Å²) in [6.07, 6.45) is 7.97. The summed E-state index contributed by atoms with van der Waals surface area (Å²) in [4.78, 5) is 2.67. The summed E-state index contributed by atoms with van der Waals surface area (Å²) < 4.78 is 2.52. The maximum Gasteiger partial charge on any atom is 0.0812 e. The Labute approximate surface area is 121 Å². The summed E-state index contributed by atoms with van der Waals surface area (Å²) in [7, 11) is 0. The van der Waals surface area contributed by atoms with Crippen LogP contribution in [0.4, 0.5) is 0 Å². The zero-order valence-corrected chi connectivity index (χ0v) is 12.7. The lowest BCUT2D eigenvalue weighted by Crippen LogP contribution is -2.31. The minimum Gasteiger partial charge on any atom is -0.388 e. The molecule has 1 aliphatic carbocycles. The van der Waals surface area contributed by atoms with Crippen molar-refractivity contribution in [3.8, 4) is 0 Å². The first-order chi connectivity index (χ1) is 9.55. The average molecular weight is 274 g/mol. The SMILES string of the molecule is CC1(C)Cc2c(ccn2C2CCN3CCCC23)C(O)C1. The first-order valence-electron chi connectivity index (χ1n) is 8.17. The van der Waals surface area contributed by atoms with Crippen LogP contribution >= 0.6 is 0 Å². The number of hydrogen-bond donors (Lipinski definition) is 1. The van der Waals surface area contributed by atoms with Gasteiger partial charge in [0.2, 0.25) is 0 Å². The highest BCUT2D eigenvalue weighted by atomic mass is 16.3. The first-order valence-corrected chi connectivity index (χ1v) is 8.17. The Morgan fingerprint density at radius 3 is 2.90 bits per heavy atom. The second-order valence-corrected chi connectivity index (χ2v) is 7.79. The van der Waals surface area contributed by atoms with E-state index < -0.39 is 0 Å². The lowest BCUT2D eigenvalue weighted by Gasteiger charge is -2.35. The molecule has 3 nitrogen and oxygen atoms in total. The van der Waals surface area contributed by atoms with E-state index >= 15 is 0 Å². The molecule has 0 aromatic carbocycles. The summed E-state index contributed by atoms with van der Waals surface area (Å²) in [5, 5.41) is 10.4. The Morgan fingerprint density at radius 2 is 2.05 bits per heavy atom. The van der Waals surface area contributed by atoms with Crippen LogP contribution in [0, 0.1) is 5.41 Å². The minimum absolute atomic E-state index is 0.219. The van der Waals surface area contributed by atoms with Crippen LogP contribution in [0.5, 0.6) is 0 Å². The van der Waals surface area contributed by atoms with E-state index in [-0.39, 0.29) is 11.5 Å². The molecule has 0 amide bonds. The van der Waals surface area contributed by atoms with E-state index in [1.54, 1.807) is 0 Å². The van der Waals surface area contributed by atoms with Crippen LogP contribution in [0.15, 0.2) is 12.3 Å². The van der Waals surface area contributed by atoms with Crippen molar-refractivity contribution >= 4 is 0 Å². The van der Waals surface area contributed by atoms with Gasteiger partial charge in [0.1, 0.15) is 0 Å². The molecule has 2 aliphatic heterocycles. The monoisotopic (exact) mass is 274 g/mol. The van der Waals surface area contributed by atoms with Crippen molar-refractivity contribution in [2.75, 3.05) is 13.1 Å². The number of fused-ring (bicyclic) bond motifs is 2. The molecule has 1 aromatic rings. The van der Waals surface area contributed by atoms with E-state index in [0.29, 0.717) is 6.04 Å². The van der Waals surface area contributed by atoms with Crippen molar-refractivity contribution in [1.29, 1.82) is 0 Å². The van der Waals surface area contributed by atoms with E-state index in [0.717, 1.165) is 18.9 Å². The van der Waals surface area contributed by atoms with Gasteiger partial charge < -0.3 is 9.67 Å². The maximum atomic E-state index is 10.4. The average Bonchev–Trinajstić information content (AvgIpc) is 3.00. The number of aromatic nitrogens is 1. The molecule has 0 bridgehead atoms. The van der Waals surface area contributed by atoms with Crippen LogP contribution in [0.3, 0.4) is 0 Å². The standard InChI is InChI=1S/C17H26N2O/c1-17(2)10-15-12(16(20)11-17)5-9-19(15)14-6-8-18-7-3-4-13(14)18/h5,9,13-14,16,20H,3-4,6-8,10-11H2,1-2H3. The lowest BCUT2D eigenvalue weighted by atomic mass is 9.75. The normalized spacial score (nSPS) is 36.0. The van der Waals surface area contributed by atoms with Crippen LogP contribution in [0.2, 0.25) is 0 Å². The Morgan fingerprint density at radius 1 is 1.20 bits per heavy atom. The molecule has 0 spiro atoms. The summed E-state index contributed by atoms with van der Waals surface area (Å²) in [5.41, 5.74) is 2.82. The third-order valence-corrected chi connectivity index (χ3v) is 5.74. The number of aliphatic hydroxyl groups excluding tert-OH is 1. The summed E-state index contributed by atoms with van der Waals surface area (Å²) in [6, 6.07) is 3.56. The molecule has 110 valence electrons. The third kappa shape index (κ3) is 1.86. The minimum atomic E-state index is -0.268. The van der Waals surface area contributed by atoms with Gasteiger partial charge in [-0.25, -0.2) is 0 Å². The van der Waals surface area contributed by atoms with Crippen molar-refractivity contribution < 1.29 is 5.11 Å². The predicted octanol–water partition coefficient (Wildman–Crippen LogP) is 2.90. The molecular formula is C17H26N2O. The summed E-state index contributed by atoms with van der Waals surface area (Å²) in [5.74, 6) is 0. The largest absolute Gasteiger partial charge is 0.388 e. The lowest BCUT2D eigenvalue weighted by molar-refractivity contribution is 0.0971. The first kappa shape index (κ1) is 12.9. The van der Waals surface area contributed by atoms with E-state index in [1.165, 1.54) is 43.6 Å². The van der Waals surface area contributed by atoms with E-state index in [9.17, 15) is 5.11 Å². The van der Waals surface area contributed by atoms with Gasteiger partial charge in [-0.15, -0.1) is 0 Å². The fourth-order valence-corrected chi connectivity index (χ4v) is 4.84. The fourth-order valence-electron chi connectivity index (χ4n) is 4.84. The zero-order chi connectivity index (χ0) is 13.9. The molecule has 1 aromatic heterocycles. The fraction of sp³-hybridized carbons (Fsp3) is 0.765. The van der Waals surface area contributed by atoms with Crippen LogP contribution < -0.4 is 0 Å². The zero-order valence-electron chi connectivity index (χ0n) is 12.7. The maximum absolute atomic E-state index is 10.4. The van der Waals surface area contributed by atoms with Gasteiger partial charge >= 0.3 is 0 Å². The van der Waals surface area contributed by atoms with Gasteiger partial charge in [-0.1, -0.05) is 13.8 Å². The van der Waals surface area contributed by atoms with Gasteiger partial charge in [0.25, 0.3) is 0 Å². The molecule has 3 heteroatoms. The van der Waals surface area contributed by atoms with Crippen LogP contribution in [-0.4, -0.2) is 33.7 Å². The van der Waals surface area contributed by atoms with Crippen molar-refractivity contribution in [3.63, 3.8) is 0 Å². The van der Waals surface area contributed by atoms with Crippen molar-refractivity contribution in [2.45, 2.75) is 64.1 Å². The smallest absolute Gasteiger partial charge is 0.0812 e. The predicted molar refractivity (Wildman–Crippen MR) is 79.7 cm³/mol. The number of rotatable bonds is 1. The van der Waals surface area contributed by atoms with Gasteiger partial charge in [0, 0.05) is 30.0 Å². The molecule has 2 fully saturated rings. The third-order valence-electron chi connectivity index (χ3n) is 5.74. The molecule has 4 rings (SSSR count). The highest BCUT2D eigenvalue weighted by Crippen LogP contribution is 2.44. The van der Waals surface area contributed by atoms with Crippen LogP contribution in [-0.2, 0) is 6.42 Å². The van der Waals surface area contributed by atoms with E-state index in [2.05, 4.69) is 35.6 Å². The topological polar surface area (TPSA) is 28.4 Å². The molecular weight excluding hydrogens is 248 g/mol. The molecule has 20 heavy (non-hydrogen) atoms. The number of nitrogens with zero attached hydrogens (tertiary/aromatic N) is 2. The second-order valence-electron chi connectivity index (χ2n) is 7.79. The van der Waals surface area contributed by atoms with Crippen LogP contribution in [0.1, 0.15) is 62.9 Å². The molecule has 3 aliphatic rings. The highest BCUT2D eigenvalue weighted by molar-refractivity contribution is 5.30. The number of aliphatic hydroxyl groups is 1. The van der Waals surface area contributed by atoms with E-state index in [1.807, 2.05) is 0 Å². The molecule has 0 saturated carbocycles. The molecule has 1 N–H and O–H groups in total. The Balaban J connectivity index is 1.70. The molecule has 2 saturated heterocycles. The van der Waals surface area contributed by atoms with Gasteiger partial charge in [-0.3, -0.25) is 4.90 Å². The number of hydrogen-bond acceptors (Lipinski definition) is 2. The van der Waals surface area contributed by atoms with Crippen molar-refractivity contribution in [2.24, 2.45) is 5.41 Å². The molecule has 3 unspecified atom stereocenters. The molecule has 0 radical (unpaired) electrons. The Kier molecular flexibility index (Phi) is 2.80.